The first-order chi connectivity index (χ1) is 17.4. The van der Waals surface area contributed by atoms with E-state index in [1.54, 1.807) is 7.11 Å². The summed E-state index contributed by atoms with van der Waals surface area (Å²) in [4.78, 5) is 19.3. The first-order valence-corrected chi connectivity index (χ1v) is 13.1. The molecule has 0 spiro atoms. The van der Waals surface area contributed by atoms with Crippen molar-refractivity contribution in [2.45, 2.75) is 45.6 Å². The minimum Gasteiger partial charge on any atom is -0.493 e. The monoisotopic (exact) mass is 497 g/mol. The van der Waals surface area contributed by atoms with Gasteiger partial charge in [0.25, 0.3) is 0 Å². The Kier molecular flexibility index (Phi) is 11.0. The first-order valence-electron chi connectivity index (χ1n) is 13.1. The maximum atomic E-state index is 12.7. The molecule has 1 unspecified atom stereocenters. The van der Waals surface area contributed by atoms with Crippen LogP contribution in [0, 0.1) is 13.8 Å². The van der Waals surface area contributed by atoms with E-state index >= 15 is 0 Å². The fraction of sp³-hybridized carbons (Fsp3) is 0.552. The number of piperazine rings is 1. The molecule has 2 aromatic carbocycles. The zero-order chi connectivity index (χ0) is 25.9. The summed E-state index contributed by atoms with van der Waals surface area (Å²) in [5.74, 6) is 1.52. The van der Waals surface area contributed by atoms with Crippen molar-refractivity contribution >= 4 is 11.6 Å². The topological polar surface area (TPSA) is 65.5 Å². The SMILES string of the molecule is COc1ccccc1OCC(O)CN1CCN(CCCCCC(=O)N(C)c2c(C)cccc2C)CC1. The molecule has 1 saturated heterocycles. The molecule has 1 heterocycles. The molecule has 0 radical (unpaired) electrons. The van der Waals surface area contributed by atoms with Crippen molar-refractivity contribution in [2.75, 3.05) is 64.9 Å². The smallest absolute Gasteiger partial charge is 0.226 e. The summed E-state index contributed by atoms with van der Waals surface area (Å²) in [5, 5.41) is 10.4. The van der Waals surface area contributed by atoms with E-state index in [2.05, 4.69) is 35.8 Å². The van der Waals surface area contributed by atoms with Gasteiger partial charge in [0, 0.05) is 51.9 Å². The number of ether oxygens (including phenoxy) is 2. The molecule has 3 rings (SSSR count). The average Bonchev–Trinajstić information content (AvgIpc) is 2.88. The predicted molar refractivity (Wildman–Crippen MR) is 145 cm³/mol. The molecular formula is C29H43N3O4. The fourth-order valence-electron chi connectivity index (χ4n) is 4.89. The van der Waals surface area contributed by atoms with Crippen molar-refractivity contribution < 1.29 is 19.4 Å². The molecule has 0 bridgehead atoms. The number of rotatable bonds is 13. The summed E-state index contributed by atoms with van der Waals surface area (Å²) in [5.41, 5.74) is 3.32. The van der Waals surface area contributed by atoms with Crippen LogP contribution in [0.5, 0.6) is 11.5 Å². The number of unbranched alkanes of at least 4 members (excludes halogenated alkanes) is 2. The number of hydrogen-bond acceptors (Lipinski definition) is 6. The predicted octanol–water partition coefficient (Wildman–Crippen LogP) is 3.89. The lowest BCUT2D eigenvalue weighted by atomic mass is 10.1. The highest BCUT2D eigenvalue weighted by atomic mass is 16.5. The molecule has 1 fully saturated rings. The van der Waals surface area contributed by atoms with Gasteiger partial charge in [-0.15, -0.1) is 0 Å². The van der Waals surface area contributed by atoms with Gasteiger partial charge in [-0.2, -0.15) is 0 Å². The van der Waals surface area contributed by atoms with Gasteiger partial charge >= 0.3 is 0 Å². The molecule has 198 valence electrons. The molecule has 1 atom stereocenters. The zero-order valence-corrected chi connectivity index (χ0v) is 22.4. The van der Waals surface area contributed by atoms with Gasteiger partial charge in [0.15, 0.2) is 11.5 Å². The van der Waals surface area contributed by atoms with E-state index in [4.69, 9.17) is 9.47 Å². The quantitative estimate of drug-likeness (QED) is 0.424. The highest BCUT2D eigenvalue weighted by molar-refractivity contribution is 5.94. The third-order valence-electron chi connectivity index (χ3n) is 6.95. The number of methoxy groups -OCH3 is 1. The summed E-state index contributed by atoms with van der Waals surface area (Å²) in [6.45, 7) is 9.95. The van der Waals surface area contributed by atoms with E-state index in [0.717, 1.165) is 68.8 Å². The van der Waals surface area contributed by atoms with Gasteiger partial charge in [-0.05, 0) is 56.5 Å². The Bertz CT molecular complexity index is 939. The number of carbonyl (C=O) groups is 1. The Morgan fingerprint density at radius 2 is 1.58 bits per heavy atom. The van der Waals surface area contributed by atoms with Crippen molar-refractivity contribution in [3.63, 3.8) is 0 Å². The summed E-state index contributed by atoms with van der Waals surface area (Å²) in [7, 11) is 3.50. The molecule has 1 aliphatic heterocycles. The lowest BCUT2D eigenvalue weighted by Crippen LogP contribution is -2.49. The molecular weight excluding hydrogens is 454 g/mol. The molecule has 36 heavy (non-hydrogen) atoms. The summed E-state index contributed by atoms with van der Waals surface area (Å²) in [6, 6.07) is 13.6. The van der Waals surface area contributed by atoms with Crippen molar-refractivity contribution in [2.24, 2.45) is 0 Å². The molecule has 7 nitrogen and oxygen atoms in total. The summed E-state index contributed by atoms with van der Waals surface area (Å²) < 4.78 is 11.1. The fourth-order valence-corrected chi connectivity index (χ4v) is 4.89. The van der Waals surface area contributed by atoms with Crippen molar-refractivity contribution in [1.29, 1.82) is 0 Å². The van der Waals surface area contributed by atoms with Crippen LogP contribution in [0.3, 0.4) is 0 Å². The average molecular weight is 498 g/mol. The number of aliphatic hydroxyl groups excluding tert-OH is 1. The number of aliphatic hydroxyl groups is 1. The number of aryl methyl sites for hydroxylation is 2. The van der Waals surface area contributed by atoms with Crippen molar-refractivity contribution in [3.05, 3.63) is 53.6 Å². The maximum Gasteiger partial charge on any atom is 0.226 e. The second-order valence-corrected chi connectivity index (χ2v) is 9.76. The number of β-amino-alcohol motifs (C(OH)–C–C–N with tert-alkyl or cyclic N) is 1. The second-order valence-electron chi connectivity index (χ2n) is 9.76. The van der Waals surface area contributed by atoms with Crippen LogP contribution in [-0.2, 0) is 4.79 Å². The van der Waals surface area contributed by atoms with Crippen LogP contribution < -0.4 is 14.4 Å². The second kappa shape index (κ2) is 14.2. The Morgan fingerprint density at radius 1 is 0.944 bits per heavy atom. The Morgan fingerprint density at radius 3 is 2.25 bits per heavy atom. The van der Waals surface area contributed by atoms with Gasteiger partial charge in [0.2, 0.25) is 5.91 Å². The first kappa shape index (κ1) is 28.0. The van der Waals surface area contributed by atoms with E-state index in [0.29, 0.717) is 24.5 Å². The van der Waals surface area contributed by atoms with Crippen LogP contribution in [0.4, 0.5) is 5.69 Å². The largest absolute Gasteiger partial charge is 0.493 e. The number of benzene rings is 2. The number of carbonyl (C=O) groups excluding carboxylic acids is 1. The summed E-state index contributed by atoms with van der Waals surface area (Å²) in [6.07, 6.45) is 3.14. The van der Waals surface area contributed by atoms with Gasteiger partial charge in [0.05, 0.1) is 7.11 Å². The van der Waals surface area contributed by atoms with Crippen molar-refractivity contribution in [3.8, 4) is 11.5 Å². The molecule has 0 aliphatic carbocycles. The third-order valence-corrected chi connectivity index (χ3v) is 6.95. The van der Waals surface area contributed by atoms with Crippen molar-refractivity contribution in [1.82, 2.24) is 9.80 Å². The third kappa shape index (κ3) is 8.22. The van der Waals surface area contributed by atoms with Gasteiger partial charge in [0.1, 0.15) is 12.7 Å². The van der Waals surface area contributed by atoms with E-state index in [1.165, 1.54) is 0 Å². The van der Waals surface area contributed by atoms with Gasteiger partial charge in [-0.3, -0.25) is 9.69 Å². The van der Waals surface area contributed by atoms with E-state index in [1.807, 2.05) is 42.3 Å². The number of nitrogens with zero attached hydrogens (tertiary/aromatic N) is 3. The number of hydrogen-bond donors (Lipinski definition) is 1. The standard InChI is InChI=1S/C29H43N3O4/c1-23-11-10-12-24(2)29(23)30(3)28(34)15-6-5-9-16-31-17-19-32(20-18-31)21-25(33)22-36-27-14-8-7-13-26(27)35-4/h7-8,10-14,25,33H,5-6,9,15-22H2,1-4H3. The summed E-state index contributed by atoms with van der Waals surface area (Å²) >= 11 is 0. The highest BCUT2D eigenvalue weighted by Crippen LogP contribution is 2.26. The van der Waals surface area contributed by atoms with Crippen LogP contribution in [0.25, 0.3) is 0 Å². The lowest BCUT2D eigenvalue weighted by Gasteiger charge is -2.35. The number of anilines is 1. The number of amides is 1. The molecule has 1 N–H and O–H groups in total. The van der Waals surface area contributed by atoms with E-state index in [-0.39, 0.29) is 12.5 Å². The Hall–Kier alpha value is -2.61. The van der Waals surface area contributed by atoms with E-state index < -0.39 is 6.10 Å². The lowest BCUT2D eigenvalue weighted by molar-refractivity contribution is -0.118. The van der Waals surface area contributed by atoms with Crippen LogP contribution in [0.15, 0.2) is 42.5 Å². The van der Waals surface area contributed by atoms with Crippen LogP contribution in [-0.4, -0.2) is 87.0 Å². The molecule has 0 aromatic heterocycles. The minimum atomic E-state index is -0.541. The zero-order valence-electron chi connectivity index (χ0n) is 22.4. The van der Waals surface area contributed by atoms with E-state index in [9.17, 15) is 9.90 Å². The molecule has 7 heteroatoms. The van der Waals surface area contributed by atoms with Gasteiger partial charge in [-0.1, -0.05) is 36.8 Å². The number of para-hydroxylation sites is 3. The van der Waals surface area contributed by atoms with Crippen LogP contribution in [0.2, 0.25) is 0 Å². The Balaban J connectivity index is 1.27. The van der Waals surface area contributed by atoms with Crippen LogP contribution >= 0.6 is 0 Å². The van der Waals surface area contributed by atoms with Crippen LogP contribution in [0.1, 0.15) is 36.8 Å². The van der Waals surface area contributed by atoms with Gasteiger partial charge in [-0.25, -0.2) is 0 Å². The maximum absolute atomic E-state index is 12.7. The molecule has 1 amide bonds. The normalized spacial score (nSPS) is 15.5. The molecule has 2 aromatic rings. The molecule has 1 aliphatic rings. The minimum absolute atomic E-state index is 0.189. The molecule has 0 saturated carbocycles. The highest BCUT2D eigenvalue weighted by Gasteiger charge is 2.20. The van der Waals surface area contributed by atoms with Gasteiger partial charge < -0.3 is 24.4 Å². The Labute approximate surface area is 216 Å².